The van der Waals surface area contributed by atoms with Crippen molar-refractivity contribution in [3.05, 3.63) is 12.7 Å². The fourth-order valence-electron chi connectivity index (χ4n) is 6.45. The zero-order valence-corrected chi connectivity index (χ0v) is 22.3. The zero-order valence-electron chi connectivity index (χ0n) is 22.3. The molecule has 2 aliphatic heterocycles. The fraction of sp³-hybridized carbons (Fsp3) is 0.815. The molecule has 2 heterocycles. The van der Waals surface area contributed by atoms with E-state index in [0.29, 0.717) is 38.5 Å². The summed E-state index contributed by atoms with van der Waals surface area (Å²) in [5.74, 6) is 0.124. The number of amides is 2. The number of hydrogen-bond acceptors (Lipinski definition) is 6. The largest absolute Gasteiger partial charge is 0.469 e. The van der Waals surface area contributed by atoms with E-state index in [9.17, 15) is 14.4 Å². The molecular formula is C27H46N4O4. The monoisotopic (exact) mass is 490 g/mol. The lowest BCUT2D eigenvalue weighted by Crippen LogP contribution is -2.64. The van der Waals surface area contributed by atoms with Gasteiger partial charge in [-0.25, -0.2) is 0 Å². The molecule has 2 atom stereocenters. The molecule has 1 saturated carbocycles. The molecular weight excluding hydrogens is 444 g/mol. The topological polar surface area (TPSA) is 73.4 Å². The minimum Gasteiger partial charge on any atom is -0.469 e. The SMILES string of the molecule is C=CC(=O)N(CC)C[C@@H](C(=O)N1CCN(CC2CCCCC2)C(CC(=O)OC)C1)C1(C)CN(C)C1. The van der Waals surface area contributed by atoms with Crippen LogP contribution in [0.15, 0.2) is 12.7 Å². The molecule has 0 radical (unpaired) electrons. The normalized spacial score (nSPS) is 24.3. The molecule has 1 unspecified atom stereocenters. The van der Waals surface area contributed by atoms with Crippen LogP contribution in [0.1, 0.15) is 52.4 Å². The Labute approximate surface area is 211 Å². The maximum atomic E-state index is 14.0. The number of nitrogens with zero attached hydrogens (tertiary/aromatic N) is 4. The molecule has 198 valence electrons. The van der Waals surface area contributed by atoms with E-state index in [2.05, 4.69) is 30.4 Å². The first-order chi connectivity index (χ1) is 16.7. The second-order valence-electron chi connectivity index (χ2n) is 11.2. The van der Waals surface area contributed by atoms with E-state index in [4.69, 9.17) is 4.74 Å². The van der Waals surface area contributed by atoms with Gasteiger partial charge in [0.25, 0.3) is 0 Å². The molecule has 35 heavy (non-hydrogen) atoms. The maximum Gasteiger partial charge on any atom is 0.307 e. The first-order valence-corrected chi connectivity index (χ1v) is 13.4. The van der Waals surface area contributed by atoms with Crippen molar-refractivity contribution in [2.75, 3.05) is 66.5 Å². The first-order valence-electron chi connectivity index (χ1n) is 13.4. The van der Waals surface area contributed by atoms with Gasteiger partial charge in [0.2, 0.25) is 11.8 Å². The summed E-state index contributed by atoms with van der Waals surface area (Å²) in [6.45, 7) is 13.3. The lowest BCUT2D eigenvalue weighted by molar-refractivity contribution is -0.153. The van der Waals surface area contributed by atoms with Crippen LogP contribution in [0.3, 0.4) is 0 Å². The Bertz CT molecular complexity index is 760. The Balaban J connectivity index is 1.75. The van der Waals surface area contributed by atoms with Gasteiger partial charge in [-0.05, 0) is 38.8 Å². The van der Waals surface area contributed by atoms with Crippen LogP contribution in [0.25, 0.3) is 0 Å². The summed E-state index contributed by atoms with van der Waals surface area (Å²) >= 11 is 0. The molecule has 0 aromatic heterocycles. The number of methoxy groups -OCH3 is 1. The van der Waals surface area contributed by atoms with Gasteiger partial charge in [0.15, 0.2) is 0 Å². The van der Waals surface area contributed by atoms with Gasteiger partial charge in [-0.1, -0.05) is 32.8 Å². The molecule has 0 aromatic carbocycles. The number of likely N-dealkylation sites (tertiary alicyclic amines) is 1. The van der Waals surface area contributed by atoms with Crippen LogP contribution >= 0.6 is 0 Å². The van der Waals surface area contributed by atoms with Gasteiger partial charge in [0.1, 0.15) is 0 Å². The van der Waals surface area contributed by atoms with Gasteiger partial charge in [-0.2, -0.15) is 0 Å². The van der Waals surface area contributed by atoms with Crippen LogP contribution in [0.2, 0.25) is 0 Å². The molecule has 3 rings (SSSR count). The molecule has 3 fully saturated rings. The summed E-state index contributed by atoms with van der Waals surface area (Å²) in [6, 6.07) is -0.0308. The highest BCUT2D eigenvalue weighted by Crippen LogP contribution is 2.39. The molecule has 8 nitrogen and oxygen atoms in total. The van der Waals surface area contributed by atoms with E-state index in [0.717, 1.165) is 26.2 Å². The van der Waals surface area contributed by atoms with Crippen molar-refractivity contribution >= 4 is 17.8 Å². The number of piperazine rings is 1. The number of carbonyl (C=O) groups is 3. The summed E-state index contributed by atoms with van der Waals surface area (Å²) in [4.78, 5) is 47.0. The fourth-order valence-corrected chi connectivity index (χ4v) is 6.45. The molecule has 0 bridgehead atoms. The highest BCUT2D eigenvalue weighted by molar-refractivity contribution is 5.88. The van der Waals surface area contributed by atoms with Crippen LogP contribution in [0.4, 0.5) is 0 Å². The molecule has 0 aromatic rings. The summed E-state index contributed by atoms with van der Waals surface area (Å²) in [7, 11) is 3.49. The number of ether oxygens (including phenoxy) is 1. The van der Waals surface area contributed by atoms with Crippen LogP contribution < -0.4 is 0 Å². The molecule has 2 saturated heterocycles. The number of esters is 1. The van der Waals surface area contributed by atoms with E-state index in [1.807, 2.05) is 11.8 Å². The quantitative estimate of drug-likeness (QED) is 0.346. The predicted molar refractivity (Wildman–Crippen MR) is 137 cm³/mol. The van der Waals surface area contributed by atoms with Crippen LogP contribution in [-0.4, -0.2) is 110 Å². The third-order valence-electron chi connectivity index (χ3n) is 8.44. The van der Waals surface area contributed by atoms with E-state index in [-0.39, 0.29) is 35.2 Å². The van der Waals surface area contributed by atoms with E-state index >= 15 is 0 Å². The Morgan fingerprint density at radius 2 is 1.86 bits per heavy atom. The summed E-state index contributed by atoms with van der Waals surface area (Å²) in [5, 5.41) is 0. The van der Waals surface area contributed by atoms with Gasteiger partial charge in [0.05, 0.1) is 19.4 Å². The second kappa shape index (κ2) is 12.3. The first kappa shape index (κ1) is 27.7. The van der Waals surface area contributed by atoms with Crippen LogP contribution in [0.5, 0.6) is 0 Å². The van der Waals surface area contributed by atoms with Crippen molar-refractivity contribution in [3.63, 3.8) is 0 Å². The van der Waals surface area contributed by atoms with Crippen molar-refractivity contribution in [2.24, 2.45) is 17.3 Å². The van der Waals surface area contributed by atoms with Gasteiger partial charge < -0.3 is 19.4 Å². The lowest BCUT2D eigenvalue weighted by Gasteiger charge is -2.53. The van der Waals surface area contributed by atoms with Crippen molar-refractivity contribution in [2.45, 2.75) is 58.4 Å². The lowest BCUT2D eigenvalue weighted by atomic mass is 9.70. The van der Waals surface area contributed by atoms with E-state index < -0.39 is 0 Å². The maximum absolute atomic E-state index is 14.0. The average Bonchev–Trinajstić information content (AvgIpc) is 2.84. The summed E-state index contributed by atoms with van der Waals surface area (Å²) in [5.41, 5.74) is -0.183. The van der Waals surface area contributed by atoms with Crippen molar-refractivity contribution in [1.29, 1.82) is 0 Å². The second-order valence-corrected chi connectivity index (χ2v) is 11.2. The molecule has 2 amide bonds. The van der Waals surface area contributed by atoms with Gasteiger partial charge >= 0.3 is 5.97 Å². The Hall–Kier alpha value is -1.93. The molecule has 8 heteroatoms. The standard InChI is InChI=1S/C27H46N4O4/c1-6-24(32)29(7-2)18-23(27(3)19-28(4)20-27)26(34)31-14-13-30(16-21-11-9-8-10-12-21)22(17-31)15-25(33)35-5/h6,21-23H,1,7-20H2,2-5H3/t22?,23-/m0/s1. The van der Waals surface area contributed by atoms with Crippen molar-refractivity contribution in [1.82, 2.24) is 19.6 Å². The van der Waals surface area contributed by atoms with Gasteiger partial charge in [0, 0.05) is 63.8 Å². The van der Waals surface area contributed by atoms with Gasteiger partial charge in [-0.15, -0.1) is 0 Å². The number of rotatable bonds is 10. The van der Waals surface area contributed by atoms with E-state index in [1.54, 1.807) is 4.90 Å². The summed E-state index contributed by atoms with van der Waals surface area (Å²) in [6.07, 6.45) is 8.03. The average molecular weight is 491 g/mol. The zero-order chi connectivity index (χ0) is 25.6. The third kappa shape index (κ3) is 6.85. The third-order valence-corrected chi connectivity index (χ3v) is 8.44. The van der Waals surface area contributed by atoms with E-state index in [1.165, 1.54) is 45.3 Å². The highest BCUT2D eigenvalue weighted by atomic mass is 16.5. The molecule has 0 spiro atoms. The van der Waals surface area contributed by atoms with Gasteiger partial charge in [-0.3, -0.25) is 19.3 Å². The Morgan fingerprint density at radius 3 is 2.43 bits per heavy atom. The minimum absolute atomic E-state index is 0.0308. The van der Waals surface area contributed by atoms with Crippen LogP contribution in [-0.2, 0) is 19.1 Å². The Morgan fingerprint density at radius 1 is 1.17 bits per heavy atom. The van der Waals surface area contributed by atoms with Crippen molar-refractivity contribution in [3.8, 4) is 0 Å². The minimum atomic E-state index is -0.286. The summed E-state index contributed by atoms with van der Waals surface area (Å²) < 4.78 is 5.00. The molecule has 3 aliphatic rings. The highest BCUT2D eigenvalue weighted by Gasteiger charge is 2.49. The van der Waals surface area contributed by atoms with Crippen LogP contribution in [0, 0.1) is 17.3 Å². The predicted octanol–water partition coefficient (Wildman–Crippen LogP) is 2.25. The smallest absolute Gasteiger partial charge is 0.307 e. The van der Waals surface area contributed by atoms with Crippen molar-refractivity contribution < 1.29 is 19.1 Å². The number of carbonyl (C=O) groups excluding carboxylic acids is 3. The number of likely N-dealkylation sites (N-methyl/N-ethyl adjacent to an activating group) is 1. The molecule has 0 N–H and O–H groups in total. The molecule has 1 aliphatic carbocycles. The number of hydrogen-bond donors (Lipinski definition) is 0. The Kier molecular flexibility index (Phi) is 9.76.